The van der Waals surface area contributed by atoms with Crippen molar-refractivity contribution in [1.29, 1.82) is 0 Å². The third-order valence-electron chi connectivity index (χ3n) is 3.53. The fourth-order valence-corrected chi connectivity index (χ4v) is 2.55. The van der Waals surface area contributed by atoms with Gasteiger partial charge in [-0.1, -0.05) is 19.8 Å². The van der Waals surface area contributed by atoms with E-state index in [-0.39, 0.29) is 11.9 Å². The summed E-state index contributed by atoms with van der Waals surface area (Å²) in [6.45, 7) is 2.05. The third-order valence-corrected chi connectivity index (χ3v) is 3.53. The smallest absolute Gasteiger partial charge is 0.320 e. The van der Waals surface area contributed by atoms with Crippen molar-refractivity contribution in [3.63, 3.8) is 0 Å². The van der Waals surface area contributed by atoms with E-state index in [1.807, 2.05) is 0 Å². The van der Waals surface area contributed by atoms with Gasteiger partial charge in [0, 0.05) is 0 Å². The molecule has 2 aliphatic rings. The SMILES string of the molecule is CC1CCCCC12CC(=O)OC2=O. The van der Waals surface area contributed by atoms with Crippen molar-refractivity contribution in [2.75, 3.05) is 0 Å². The molecule has 0 aromatic carbocycles. The second kappa shape index (κ2) is 2.82. The van der Waals surface area contributed by atoms with Gasteiger partial charge in [0.2, 0.25) is 0 Å². The van der Waals surface area contributed by atoms with E-state index in [0.717, 1.165) is 19.3 Å². The number of hydrogen-bond donors (Lipinski definition) is 0. The molecule has 0 aromatic rings. The molecule has 13 heavy (non-hydrogen) atoms. The maximum absolute atomic E-state index is 11.5. The van der Waals surface area contributed by atoms with Gasteiger partial charge in [0.05, 0.1) is 11.8 Å². The first kappa shape index (κ1) is 8.73. The van der Waals surface area contributed by atoms with E-state index < -0.39 is 5.41 Å². The molecule has 1 spiro atoms. The second-order valence-corrected chi connectivity index (χ2v) is 4.24. The van der Waals surface area contributed by atoms with Crippen LogP contribution in [-0.2, 0) is 14.3 Å². The van der Waals surface area contributed by atoms with Gasteiger partial charge in [-0.2, -0.15) is 0 Å². The van der Waals surface area contributed by atoms with E-state index in [4.69, 9.17) is 0 Å². The van der Waals surface area contributed by atoms with Crippen LogP contribution in [0.2, 0.25) is 0 Å². The van der Waals surface area contributed by atoms with Crippen molar-refractivity contribution in [2.24, 2.45) is 11.3 Å². The Balaban J connectivity index is 2.26. The third kappa shape index (κ3) is 1.18. The number of ether oxygens (including phenoxy) is 1. The average molecular weight is 182 g/mol. The van der Waals surface area contributed by atoms with Gasteiger partial charge in [-0.15, -0.1) is 0 Å². The topological polar surface area (TPSA) is 43.4 Å². The summed E-state index contributed by atoms with van der Waals surface area (Å²) in [4.78, 5) is 22.6. The number of esters is 2. The molecule has 1 heterocycles. The molecule has 0 amide bonds. The summed E-state index contributed by atoms with van der Waals surface area (Å²) in [7, 11) is 0. The molecule has 0 N–H and O–H groups in total. The van der Waals surface area contributed by atoms with Crippen LogP contribution < -0.4 is 0 Å². The molecule has 2 atom stereocenters. The molecule has 1 aliphatic heterocycles. The van der Waals surface area contributed by atoms with Crippen LogP contribution in [0.25, 0.3) is 0 Å². The molecule has 0 radical (unpaired) electrons. The van der Waals surface area contributed by atoms with Crippen LogP contribution in [0.4, 0.5) is 0 Å². The average Bonchev–Trinajstić information content (AvgIpc) is 2.35. The first-order valence-electron chi connectivity index (χ1n) is 4.90. The zero-order valence-electron chi connectivity index (χ0n) is 7.84. The van der Waals surface area contributed by atoms with Gasteiger partial charge in [0.25, 0.3) is 0 Å². The minimum absolute atomic E-state index is 0.273. The zero-order valence-corrected chi connectivity index (χ0v) is 7.84. The van der Waals surface area contributed by atoms with Crippen LogP contribution in [0.3, 0.4) is 0 Å². The Kier molecular flexibility index (Phi) is 1.90. The summed E-state index contributed by atoms with van der Waals surface area (Å²) < 4.78 is 4.65. The van der Waals surface area contributed by atoms with Gasteiger partial charge < -0.3 is 4.74 Å². The van der Waals surface area contributed by atoms with Crippen molar-refractivity contribution in [3.05, 3.63) is 0 Å². The maximum atomic E-state index is 11.5. The molecule has 3 heteroatoms. The van der Waals surface area contributed by atoms with E-state index in [1.165, 1.54) is 6.42 Å². The maximum Gasteiger partial charge on any atom is 0.320 e. The number of carbonyl (C=O) groups is 2. The molecule has 0 bridgehead atoms. The predicted molar refractivity (Wildman–Crippen MR) is 45.8 cm³/mol. The Morgan fingerprint density at radius 2 is 2.15 bits per heavy atom. The minimum atomic E-state index is -0.449. The van der Waals surface area contributed by atoms with Crippen molar-refractivity contribution < 1.29 is 14.3 Å². The van der Waals surface area contributed by atoms with Crippen LogP contribution in [0.1, 0.15) is 39.0 Å². The molecule has 2 rings (SSSR count). The van der Waals surface area contributed by atoms with E-state index in [0.29, 0.717) is 12.3 Å². The van der Waals surface area contributed by atoms with Crippen molar-refractivity contribution >= 4 is 11.9 Å². The van der Waals surface area contributed by atoms with Crippen LogP contribution in [0, 0.1) is 11.3 Å². The highest BCUT2D eigenvalue weighted by molar-refractivity contribution is 5.97. The summed E-state index contributed by atoms with van der Waals surface area (Å²) in [5.74, 6) is -0.302. The van der Waals surface area contributed by atoms with Gasteiger partial charge in [0.1, 0.15) is 0 Å². The van der Waals surface area contributed by atoms with Crippen LogP contribution in [0.5, 0.6) is 0 Å². The van der Waals surface area contributed by atoms with Crippen LogP contribution in [0.15, 0.2) is 0 Å². The molecule has 1 aliphatic carbocycles. The van der Waals surface area contributed by atoms with E-state index >= 15 is 0 Å². The summed E-state index contributed by atoms with van der Waals surface area (Å²) in [5, 5.41) is 0. The van der Waals surface area contributed by atoms with Crippen LogP contribution >= 0.6 is 0 Å². The summed E-state index contributed by atoms with van der Waals surface area (Å²) >= 11 is 0. The Morgan fingerprint density at radius 3 is 2.69 bits per heavy atom. The molecule has 1 saturated carbocycles. The quantitative estimate of drug-likeness (QED) is 0.422. The lowest BCUT2D eigenvalue weighted by molar-refractivity contribution is -0.157. The molecule has 72 valence electrons. The number of hydrogen-bond acceptors (Lipinski definition) is 3. The van der Waals surface area contributed by atoms with Crippen LogP contribution in [-0.4, -0.2) is 11.9 Å². The lowest BCUT2D eigenvalue weighted by Gasteiger charge is -2.34. The Bertz CT molecular complexity index is 259. The Hall–Kier alpha value is -0.860. The van der Waals surface area contributed by atoms with Crippen molar-refractivity contribution in [1.82, 2.24) is 0 Å². The first-order valence-corrected chi connectivity index (χ1v) is 4.90. The Labute approximate surface area is 77.4 Å². The predicted octanol–water partition coefficient (Wildman–Crippen LogP) is 1.66. The van der Waals surface area contributed by atoms with E-state index in [9.17, 15) is 9.59 Å². The molecule has 0 aromatic heterocycles. The Morgan fingerprint density at radius 1 is 1.38 bits per heavy atom. The second-order valence-electron chi connectivity index (χ2n) is 4.24. The molecule has 2 fully saturated rings. The van der Waals surface area contributed by atoms with Crippen molar-refractivity contribution in [3.8, 4) is 0 Å². The summed E-state index contributed by atoms with van der Waals surface area (Å²) in [6, 6.07) is 0. The highest BCUT2D eigenvalue weighted by atomic mass is 16.6. The molecular formula is C10H14O3. The minimum Gasteiger partial charge on any atom is -0.393 e. The number of carbonyl (C=O) groups excluding carboxylic acids is 2. The molecule has 3 nitrogen and oxygen atoms in total. The number of cyclic esters (lactones) is 2. The standard InChI is InChI=1S/C10H14O3/c1-7-4-2-3-5-10(7)6-8(11)13-9(10)12/h7H,2-6H2,1H3. The monoisotopic (exact) mass is 182 g/mol. The normalized spacial score (nSPS) is 39.6. The zero-order chi connectivity index (χ0) is 9.47. The largest absolute Gasteiger partial charge is 0.393 e. The lowest BCUT2D eigenvalue weighted by atomic mass is 9.66. The highest BCUT2D eigenvalue weighted by Crippen LogP contribution is 2.47. The lowest BCUT2D eigenvalue weighted by Crippen LogP contribution is -2.36. The van der Waals surface area contributed by atoms with E-state index in [2.05, 4.69) is 11.7 Å². The van der Waals surface area contributed by atoms with Gasteiger partial charge in [-0.3, -0.25) is 9.59 Å². The van der Waals surface area contributed by atoms with Gasteiger partial charge >= 0.3 is 11.9 Å². The molecular weight excluding hydrogens is 168 g/mol. The molecule has 1 saturated heterocycles. The van der Waals surface area contributed by atoms with Gasteiger partial charge in [0.15, 0.2) is 0 Å². The van der Waals surface area contributed by atoms with Gasteiger partial charge in [-0.25, -0.2) is 0 Å². The number of rotatable bonds is 0. The van der Waals surface area contributed by atoms with E-state index in [1.54, 1.807) is 0 Å². The summed E-state index contributed by atoms with van der Waals surface area (Å²) in [5.41, 5.74) is -0.449. The summed E-state index contributed by atoms with van der Waals surface area (Å²) in [6.07, 6.45) is 4.41. The molecule has 2 unspecified atom stereocenters. The van der Waals surface area contributed by atoms with Crippen molar-refractivity contribution in [2.45, 2.75) is 39.0 Å². The highest BCUT2D eigenvalue weighted by Gasteiger charge is 2.53. The first-order chi connectivity index (χ1) is 6.15. The van der Waals surface area contributed by atoms with Gasteiger partial charge in [-0.05, 0) is 18.8 Å². The fraction of sp³-hybridized carbons (Fsp3) is 0.800. The fourth-order valence-electron chi connectivity index (χ4n) is 2.55.